The van der Waals surface area contributed by atoms with Crippen LogP contribution in [0.5, 0.6) is 0 Å². The Kier molecular flexibility index (Phi) is 7.26. The highest BCUT2D eigenvalue weighted by Crippen LogP contribution is 2.27. The van der Waals surface area contributed by atoms with E-state index in [-0.39, 0.29) is 23.9 Å². The third kappa shape index (κ3) is 5.56. The average molecular weight is 517 g/mol. The lowest BCUT2D eigenvalue weighted by atomic mass is 9.91. The molecule has 0 aliphatic carbocycles. The first-order chi connectivity index (χ1) is 17.5. The maximum Gasteiger partial charge on any atom is 0.254 e. The van der Waals surface area contributed by atoms with Crippen LogP contribution in [0.15, 0.2) is 91.0 Å². The molecule has 2 unspecified atom stereocenters. The van der Waals surface area contributed by atoms with Gasteiger partial charge in [0.25, 0.3) is 11.8 Å². The van der Waals surface area contributed by atoms with E-state index in [1.54, 1.807) is 18.2 Å². The summed E-state index contributed by atoms with van der Waals surface area (Å²) in [6, 6.07) is 28.7. The van der Waals surface area contributed by atoms with Crippen LogP contribution in [-0.2, 0) is 6.42 Å². The first-order valence-corrected chi connectivity index (χ1v) is 12.8. The minimum Gasteiger partial charge on any atom is -0.349 e. The van der Waals surface area contributed by atoms with Crippen molar-refractivity contribution >= 4 is 45.8 Å². The summed E-state index contributed by atoms with van der Waals surface area (Å²) in [6.45, 7) is 0.531. The monoisotopic (exact) mass is 516 g/mol. The van der Waals surface area contributed by atoms with Gasteiger partial charge in [-0.05, 0) is 65.9 Å². The third-order valence-corrected chi connectivity index (χ3v) is 7.18. The molecule has 0 saturated carbocycles. The molecule has 4 aromatic carbocycles. The Bertz CT molecular complexity index is 1390. The van der Waals surface area contributed by atoms with Crippen LogP contribution >= 0.6 is 23.2 Å². The van der Waals surface area contributed by atoms with Gasteiger partial charge in [0.05, 0.1) is 0 Å². The Hall–Kier alpha value is -3.34. The number of nitrogens with zero attached hydrogens (tertiary/aromatic N) is 1. The molecule has 0 radical (unpaired) electrons. The number of carbonyl (C=O) groups excluding carboxylic acids is 2. The highest BCUT2D eigenvalue weighted by atomic mass is 35.5. The number of benzene rings is 4. The predicted octanol–water partition coefficient (Wildman–Crippen LogP) is 6.79. The van der Waals surface area contributed by atoms with Crippen LogP contribution in [0.4, 0.5) is 0 Å². The van der Waals surface area contributed by atoms with Gasteiger partial charge in [0.2, 0.25) is 0 Å². The molecule has 6 heteroatoms. The Balaban J connectivity index is 1.35. The lowest BCUT2D eigenvalue weighted by Crippen LogP contribution is -2.52. The predicted molar refractivity (Wildman–Crippen MR) is 146 cm³/mol. The highest BCUT2D eigenvalue weighted by Gasteiger charge is 2.33. The molecule has 1 heterocycles. The Morgan fingerprint density at radius 2 is 1.50 bits per heavy atom. The summed E-state index contributed by atoms with van der Waals surface area (Å²) in [5, 5.41) is 6.22. The van der Waals surface area contributed by atoms with Crippen LogP contribution in [0.25, 0.3) is 10.8 Å². The van der Waals surface area contributed by atoms with Gasteiger partial charge >= 0.3 is 0 Å². The number of halogens is 2. The minimum atomic E-state index is -0.0976. The van der Waals surface area contributed by atoms with Gasteiger partial charge < -0.3 is 10.2 Å². The first kappa shape index (κ1) is 24.4. The number of rotatable bonds is 5. The molecule has 1 N–H and O–H groups in total. The van der Waals surface area contributed by atoms with E-state index < -0.39 is 0 Å². The fourth-order valence-corrected chi connectivity index (χ4v) is 5.50. The quantitative estimate of drug-likeness (QED) is 0.317. The summed E-state index contributed by atoms with van der Waals surface area (Å²) < 4.78 is 0. The molecule has 1 aliphatic heterocycles. The summed E-state index contributed by atoms with van der Waals surface area (Å²) in [7, 11) is 0. The van der Waals surface area contributed by atoms with Crippen LogP contribution in [0, 0.1) is 0 Å². The topological polar surface area (TPSA) is 49.4 Å². The number of carbonyl (C=O) groups is 2. The summed E-state index contributed by atoms with van der Waals surface area (Å²) in [5.41, 5.74) is 2.26. The molecule has 0 aromatic heterocycles. The van der Waals surface area contributed by atoms with Gasteiger partial charge in [0, 0.05) is 39.8 Å². The van der Waals surface area contributed by atoms with E-state index in [0.717, 1.165) is 16.3 Å². The Morgan fingerprint density at radius 3 is 2.25 bits per heavy atom. The normalized spacial score (nSPS) is 17.7. The van der Waals surface area contributed by atoms with Crippen molar-refractivity contribution < 1.29 is 9.59 Å². The maximum absolute atomic E-state index is 13.5. The van der Waals surface area contributed by atoms with Crippen molar-refractivity contribution in [3.8, 4) is 0 Å². The largest absolute Gasteiger partial charge is 0.349 e. The molecule has 1 aliphatic rings. The summed E-state index contributed by atoms with van der Waals surface area (Å²) in [5.74, 6) is -0.190. The highest BCUT2D eigenvalue weighted by molar-refractivity contribution is 6.35. The van der Waals surface area contributed by atoms with E-state index in [0.29, 0.717) is 47.0 Å². The van der Waals surface area contributed by atoms with E-state index in [9.17, 15) is 9.59 Å². The number of nitrogens with one attached hydrogen (secondary N) is 1. The Labute approximate surface area is 220 Å². The molecule has 182 valence electrons. The van der Waals surface area contributed by atoms with Crippen molar-refractivity contribution in [3.05, 3.63) is 118 Å². The maximum atomic E-state index is 13.5. The van der Waals surface area contributed by atoms with Crippen LogP contribution < -0.4 is 5.32 Å². The second-order valence-corrected chi connectivity index (χ2v) is 10.1. The van der Waals surface area contributed by atoms with E-state index in [2.05, 4.69) is 17.4 Å². The second kappa shape index (κ2) is 10.7. The standard InChI is InChI=1S/C30H26Cl2N2O2/c31-25-16-24(17-26(32)18-25)30(36)34-13-12-27(19-28(34)14-20-6-2-1-3-7-20)33-29(35)23-11-10-21-8-4-5-9-22(21)15-23/h1-11,15-18,27-28H,12-14,19H2,(H,33,35). The van der Waals surface area contributed by atoms with Crippen molar-refractivity contribution in [2.75, 3.05) is 6.54 Å². The average Bonchev–Trinajstić information content (AvgIpc) is 2.88. The molecular formula is C30H26Cl2N2O2. The smallest absolute Gasteiger partial charge is 0.254 e. The minimum absolute atomic E-state index is 0.0373. The van der Waals surface area contributed by atoms with Gasteiger partial charge in [-0.2, -0.15) is 0 Å². The molecule has 2 atom stereocenters. The molecule has 2 amide bonds. The molecular weight excluding hydrogens is 491 g/mol. The lowest BCUT2D eigenvalue weighted by molar-refractivity contribution is 0.0571. The van der Waals surface area contributed by atoms with Crippen molar-refractivity contribution in [3.63, 3.8) is 0 Å². The van der Waals surface area contributed by atoms with Gasteiger partial charge in [-0.25, -0.2) is 0 Å². The van der Waals surface area contributed by atoms with Crippen LogP contribution in [0.3, 0.4) is 0 Å². The number of hydrogen-bond acceptors (Lipinski definition) is 2. The zero-order valence-electron chi connectivity index (χ0n) is 19.7. The fraction of sp³-hybridized carbons (Fsp3) is 0.200. The van der Waals surface area contributed by atoms with E-state index in [4.69, 9.17) is 23.2 Å². The van der Waals surface area contributed by atoms with E-state index in [1.807, 2.05) is 65.6 Å². The van der Waals surface area contributed by atoms with Crippen molar-refractivity contribution in [1.82, 2.24) is 10.2 Å². The number of likely N-dealkylation sites (tertiary alicyclic amines) is 1. The molecule has 0 bridgehead atoms. The lowest BCUT2D eigenvalue weighted by Gasteiger charge is -2.40. The third-order valence-electron chi connectivity index (χ3n) is 6.75. The molecule has 4 aromatic rings. The molecule has 1 fully saturated rings. The van der Waals surface area contributed by atoms with Gasteiger partial charge in [0.1, 0.15) is 0 Å². The van der Waals surface area contributed by atoms with E-state index in [1.165, 1.54) is 0 Å². The zero-order valence-corrected chi connectivity index (χ0v) is 21.2. The molecule has 4 nitrogen and oxygen atoms in total. The van der Waals surface area contributed by atoms with Crippen molar-refractivity contribution in [2.45, 2.75) is 31.3 Å². The second-order valence-electron chi connectivity index (χ2n) is 9.26. The first-order valence-electron chi connectivity index (χ1n) is 12.1. The molecule has 5 rings (SSSR count). The van der Waals surface area contributed by atoms with Gasteiger partial charge in [0.15, 0.2) is 0 Å². The number of amides is 2. The van der Waals surface area contributed by atoms with Gasteiger partial charge in [-0.1, -0.05) is 83.9 Å². The summed E-state index contributed by atoms with van der Waals surface area (Å²) in [6.07, 6.45) is 2.03. The summed E-state index contributed by atoms with van der Waals surface area (Å²) in [4.78, 5) is 28.5. The Morgan fingerprint density at radius 1 is 0.806 bits per heavy atom. The molecule has 36 heavy (non-hydrogen) atoms. The van der Waals surface area contributed by atoms with E-state index >= 15 is 0 Å². The number of hydrogen-bond donors (Lipinski definition) is 1. The fourth-order valence-electron chi connectivity index (χ4n) is 4.97. The van der Waals surface area contributed by atoms with Gasteiger partial charge in [-0.3, -0.25) is 9.59 Å². The SMILES string of the molecule is O=C(NC1CCN(C(=O)c2cc(Cl)cc(Cl)c2)C(Cc2ccccc2)C1)c1ccc2ccccc2c1. The van der Waals surface area contributed by atoms with Crippen molar-refractivity contribution in [2.24, 2.45) is 0 Å². The van der Waals surface area contributed by atoms with Crippen LogP contribution in [0.2, 0.25) is 10.0 Å². The number of piperidine rings is 1. The summed E-state index contributed by atoms with van der Waals surface area (Å²) >= 11 is 12.3. The van der Waals surface area contributed by atoms with Gasteiger partial charge in [-0.15, -0.1) is 0 Å². The molecule has 1 saturated heterocycles. The molecule has 0 spiro atoms. The zero-order chi connectivity index (χ0) is 25.1. The van der Waals surface area contributed by atoms with Crippen LogP contribution in [-0.4, -0.2) is 35.3 Å². The van der Waals surface area contributed by atoms with Crippen LogP contribution in [0.1, 0.15) is 39.1 Å². The number of fused-ring (bicyclic) bond motifs is 1. The van der Waals surface area contributed by atoms with Crippen molar-refractivity contribution in [1.29, 1.82) is 0 Å².